The average Bonchev–Trinajstić information content (AvgIpc) is 3.32. The van der Waals surface area contributed by atoms with Gasteiger partial charge in [-0.15, -0.1) is 11.3 Å². The fourth-order valence-electron chi connectivity index (χ4n) is 3.23. The predicted molar refractivity (Wildman–Crippen MR) is 113 cm³/mol. The molecule has 3 aromatic rings. The third-order valence-corrected chi connectivity index (χ3v) is 5.67. The Hall–Kier alpha value is -2.99. The van der Waals surface area contributed by atoms with Gasteiger partial charge in [0, 0.05) is 35.3 Å². The van der Waals surface area contributed by atoms with Crippen LogP contribution in [0.5, 0.6) is 0 Å². The molecule has 0 aliphatic carbocycles. The molecule has 1 saturated heterocycles. The van der Waals surface area contributed by atoms with Gasteiger partial charge in [0.1, 0.15) is 5.01 Å². The van der Waals surface area contributed by atoms with Crippen molar-refractivity contribution in [2.75, 3.05) is 16.8 Å². The average molecular weight is 391 g/mol. The van der Waals surface area contributed by atoms with Gasteiger partial charge in [-0.1, -0.05) is 29.8 Å². The Kier molecular flexibility index (Phi) is 5.21. The van der Waals surface area contributed by atoms with Gasteiger partial charge in [-0.05, 0) is 37.6 Å². The first kappa shape index (κ1) is 18.4. The summed E-state index contributed by atoms with van der Waals surface area (Å²) in [6.45, 7) is 2.81. The Morgan fingerprint density at radius 2 is 1.89 bits per heavy atom. The molecule has 2 aromatic carbocycles. The minimum Gasteiger partial charge on any atom is -0.326 e. The number of hydrogen-bond donors (Lipinski definition) is 1. The largest absolute Gasteiger partial charge is 0.326 e. The van der Waals surface area contributed by atoms with Gasteiger partial charge >= 0.3 is 0 Å². The summed E-state index contributed by atoms with van der Waals surface area (Å²) in [5.74, 6) is 0.0513. The van der Waals surface area contributed by atoms with Crippen molar-refractivity contribution in [1.29, 1.82) is 0 Å². The number of carbonyl (C=O) groups is 2. The molecule has 1 aliphatic heterocycles. The number of aryl methyl sites for hydroxylation is 1. The molecule has 0 bridgehead atoms. The van der Waals surface area contributed by atoms with Crippen molar-refractivity contribution in [3.63, 3.8) is 0 Å². The van der Waals surface area contributed by atoms with E-state index in [-0.39, 0.29) is 18.2 Å². The molecular weight excluding hydrogens is 370 g/mol. The molecule has 1 aromatic heterocycles. The highest BCUT2D eigenvalue weighted by molar-refractivity contribution is 7.13. The third-order valence-electron chi connectivity index (χ3n) is 4.73. The summed E-state index contributed by atoms with van der Waals surface area (Å²) in [5, 5.41) is 5.74. The summed E-state index contributed by atoms with van der Waals surface area (Å²) in [7, 11) is 0. The van der Waals surface area contributed by atoms with Crippen molar-refractivity contribution in [2.45, 2.75) is 26.2 Å². The summed E-state index contributed by atoms with van der Waals surface area (Å²) in [4.78, 5) is 30.5. The molecule has 4 rings (SSSR count). The van der Waals surface area contributed by atoms with Crippen LogP contribution in [0.3, 0.4) is 0 Å². The zero-order chi connectivity index (χ0) is 19.5. The standard InChI is InChI=1S/C22H21N3O2S/c1-15-4-6-16(7-5-15)22-24-18(14-28-22)13-20(26)23-17-8-10-19(11-9-17)25-12-2-3-21(25)27/h4-11,14H,2-3,12-13H2,1H3,(H,23,26). The predicted octanol–water partition coefficient (Wildman–Crippen LogP) is 4.43. The Balaban J connectivity index is 1.37. The van der Waals surface area contributed by atoms with Crippen LogP contribution >= 0.6 is 11.3 Å². The van der Waals surface area contributed by atoms with Crippen molar-refractivity contribution in [3.8, 4) is 10.6 Å². The Morgan fingerprint density at radius 3 is 2.57 bits per heavy atom. The van der Waals surface area contributed by atoms with E-state index in [1.54, 1.807) is 16.2 Å². The minimum atomic E-state index is -0.106. The van der Waals surface area contributed by atoms with Crippen LogP contribution in [-0.2, 0) is 16.0 Å². The molecule has 0 radical (unpaired) electrons. The van der Waals surface area contributed by atoms with Crippen molar-refractivity contribution < 1.29 is 9.59 Å². The van der Waals surface area contributed by atoms with Crippen molar-refractivity contribution >= 4 is 34.5 Å². The van der Waals surface area contributed by atoms with Crippen LogP contribution in [0.15, 0.2) is 53.9 Å². The number of rotatable bonds is 5. The number of amides is 2. The monoisotopic (exact) mass is 391 g/mol. The summed E-state index contributed by atoms with van der Waals surface area (Å²) in [6, 6.07) is 15.6. The number of benzene rings is 2. The van der Waals surface area contributed by atoms with Gasteiger partial charge in [0.15, 0.2) is 0 Å². The lowest BCUT2D eigenvalue weighted by Crippen LogP contribution is -2.23. The molecule has 0 spiro atoms. The number of aromatic nitrogens is 1. The molecule has 0 unspecified atom stereocenters. The number of nitrogens with zero attached hydrogens (tertiary/aromatic N) is 2. The minimum absolute atomic E-state index is 0.106. The van der Waals surface area contributed by atoms with Crippen LogP contribution in [0.1, 0.15) is 24.1 Å². The van der Waals surface area contributed by atoms with Crippen LogP contribution in [-0.4, -0.2) is 23.3 Å². The first-order valence-corrected chi connectivity index (χ1v) is 10.2. The summed E-state index contributed by atoms with van der Waals surface area (Å²) >= 11 is 1.54. The molecule has 0 saturated carbocycles. The molecule has 28 heavy (non-hydrogen) atoms. The van der Waals surface area contributed by atoms with E-state index < -0.39 is 0 Å². The first-order chi connectivity index (χ1) is 13.6. The lowest BCUT2D eigenvalue weighted by Gasteiger charge is -2.16. The molecule has 1 fully saturated rings. The van der Waals surface area contributed by atoms with Gasteiger partial charge in [-0.25, -0.2) is 4.98 Å². The lowest BCUT2D eigenvalue weighted by molar-refractivity contribution is -0.117. The topological polar surface area (TPSA) is 62.3 Å². The van der Waals surface area contributed by atoms with Gasteiger partial charge in [0.05, 0.1) is 12.1 Å². The summed E-state index contributed by atoms with van der Waals surface area (Å²) < 4.78 is 0. The molecule has 1 N–H and O–H groups in total. The zero-order valence-corrected chi connectivity index (χ0v) is 16.5. The Bertz CT molecular complexity index is 993. The second-order valence-corrected chi connectivity index (χ2v) is 7.79. The molecule has 5 nitrogen and oxygen atoms in total. The van der Waals surface area contributed by atoms with Crippen molar-refractivity contribution in [1.82, 2.24) is 4.98 Å². The maximum absolute atomic E-state index is 12.4. The van der Waals surface area contributed by atoms with Gasteiger partial charge in [-0.2, -0.15) is 0 Å². The van der Waals surface area contributed by atoms with Crippen LogP contribution in [0.4, 0.5) is 11.4 Å². The molecule has 2 amide bonds. The molecule has 1 aliphatic rings. The van der Waals surface area contributed by atoms with E-state index in [0.717, 1.165) is 40.6 Å². The van der Waals surface area contributed by atoms with Crippen molar-refractivity contribution in [2.24, 2.45) is 0 Å². The molecule has 0 atom stereocenters. The number of carbonyl (C=O) groups excluding carboxylic acids is 2. The fourth-order valence-corrected chi connectivity index (χ4v) is 4.06. The zero-order valence-electron chi connectivity index (χ0n) is 15.6. The first-order valence-electron chi connectivity index (χ1n) is 9.30. The molecule has 6 heteroatoms. The summed E-state index contributed by atoms with van der Waals surface area (Å²) in [6.07, 6.45) is 1.74. The highest BCUT2D eigenvalue weighted by Crippen LogP contribution is 2.25. The quantitative estimate of drug-likeness (QED) is 0.700. The Labute approximate surface area is 168 Å². The number of thiazole rings is 1. The highest BCUT2D eigenvalue weighted by Gasteiger charge is 2.21. The van der Waals surface area contributed by atoms with E-state index in [1.807, 2.05) is 41.8 Å². The maximum atomic E-state index is 12.4. The van der Waals surface area contributed by atoms with E-state index in [2.05, 4.69) is 29.4 Å². The second-order valence-electron chi connectivity index (χ2n) is 6.93. The fraction of sp³-hybridized carbons (Fsp3) is 0.227. The maximum Gasteiger partial charge on any atom is 0.230 e. The normalized spacial score (nSPS) is 13.8. The molecular formula is C22H21N3O2S. The van der Waals surface area contributed by atoms with E-state index in [0.29, 0.717) is 6.42 Å². The second kappa shape index (κ2) is 7.94. The van der Waals surface area contributed by atoms with Gasteiger partial charge in [0.2, 0.25) is 11.8 Å². The summed E-state index contributed by atoms with van der Waals surface area (Å²) in [5.41, 5.74) is 4.63. The van der Waals surface area contributed by atoms with Crippen LogP contribution in [0, 0.1) is 6.92 Å². The van der Waals surface area contributed by atoms with E-state index in [1.165, 1.54) is 5.56 Å². The number of nitrogens with one attached hydrogen (secondary N) is 1. The van der Waals surface area contributed by atoms with E-state index in [4.69, 9.17) is 0 Å². The van der Waals surface area contributed by atoms with Gasteiger partial charge in [0.25, 0.3) is 0 Å². The molecule has 142 valence electrons. The van der Waals surface area contributed by atoms with Gasteiger partial charge in [-0.3, -0.25) is 9.59 Å². The van der Waals surface area contributed by atoms with E-state index >= 15 is 0 Å². The SMILES string of the molecule is Cc1ccc(-c2nc(CC(=O)Nc3ccc(N4CCCC4=O)cc3)cs2)cc1. The van der Waals surface area contributed by atoms with Crippen LogP contribution in [0.25, 0.3) is 10.6 Å². The number of hydrogen-bond acceptors (Lipinski definition) is 4. The van der Waals surface area contributed by atoms with E-state index in [9.17, 15) is 9.59 Å². The lowest BCUT2D eigenvalue weighted by atomic mass is 10.2. The third kappa shape index (κ3) is 4.12. The number of anilines is 2. The highest BCUT2D eigenvalue weighted by atomic mass is 32.1. The van der Waals surface area contributed by atoms with Gasteiger partial charge < -0.3 is 10.2 Å². The van der Waals surface area contributed by atoms with Crippen LogP contribution < -0.4 is 10.2 Å². The smallest absolute Gasteiger partial charge is 0.230 e. The van der Waals surface area contributed by atoms with Crippen LogP contribution in [0.2, 0.25) is 0 Å². The Morgan fingerprint density at radius 1 is 1.14 bits per heavy atom. The van der Waals surface area contributed by atoms with Crippen molar-refractivity contribution in [3.05, 3.63) is 65.2 Å². The molecule has 2 heterocycles.